The number of rotatable bonds is 12. The minimum absolute atomic E-state index is 0.0223. The summed E-state index contributed by atoms with van der Waals surface area (Å²) >= 11 is 5.76. The number of amides is 1. The van der Waals surface area contributed by atoms with E-state index in [0.29, 0.717) is 22.1 Å². The van der Waals surface area contributed by atoms with Gasteiger partial charge in [0.1, 0.15) is 24.1 Å². The number of ether oxygens (including phenoxy) is 1. The van der Waals surface area contributed by atoms with E-state index in [9.17, 15) is 29.7 Å². The van der Waals surface area contributed by atoms with Crippen molar-refractivity contribution in [2.45, 2.75) is 38.3 Å². The van der Waals surface area contributed by atoms with Crippen molar-refractivity contribution in [1.82, 2.24) is 5.32 Å². The third kappa shape index (κ3) is 8.36. The molecule has 11 nitrogen and oxygen atoms in total. The zero-order chi connectivity index (χ0) is 25.5. The zero-order valence-electron chi connectivity index (χ0n) is 18.0. The molecule has 4 atom stereocenters. The first-order valence-electron chi connectivity index (χ1n) is 9.59. The van der Waals surface area contributed by atoms with Gasteiger partial charge in [0, 0.05) is 13.5 Å². The summed E-state index contributed by atoms with van der Waals surface area (Å²) in [5.41, 5.74) is 0.773. The number of halogens is 3. The van der Waals surface area contributed by atoms with Gasteiger partial charge in [-0.15, -0.1) is 0 Å². The van der Waals surface area contributed by atoms with Gasteiger partial charge in [-0.2, -0.15) is 0 Å². The van der Waals surface area contributed by atoms with Gasteiger partial charge >= 0.3 is 5.97 Å². The Hall–Kier alpha value is -0.380. The lowest BCUT2D eigenvalue weighted by Gasteiger charge is -2.30. The number of likely N-dealkylation sites (N-methyl/N-ethyl adjacent to an activating group) is 1. The van der Waals surface area contributed by atoms with Crippen LogP contribution in [0.1, 0.15) is 24.2 Å². The van der Waals surface area contributed by atoms with Crippen LogP contribution in [0.2, 0.25) is 0 Å². The molecule has 14 heteroatoms. The highest BCUT2D eigenvalue weighted by Crippen LogP contribution is 2.39. The third-order valence-electron chi connectivity index (χ3n) is 4.29. The molecule has 0 saturated carbocycles. The highest BCUT2D eigenvalue weighted by atomic mass is 127. The van der Waals surface area contributed by atoms with Crippen LogP contribution in [-0.4, -0.2) is 89.2 Å². The average molecular weight is 805 g/mol. The highest BCUT2D eigenvalue weighted by Gasteiger charge is 2.36. The fourth-order valence-corrected chi connectivity index (χ4v) is 6.97. The van der Waals surface area contributed by atoms with Crippen molar-refractivity contribution < 1.29 is 39.5 Å². The van der Waals surface area contributed by atoms with Crippen LogP contribution in [0.15, 0.2) is 0 Å². The van der Waals surface area contributed by atoms with E-state index in [1.807, 2.05) is 67.8 Å². The molecule has 0 bridgehead atoms. The van der Waals surface area contributed by atoms with E-state index >= 15 is 0 Å². The molecule has 33 heavy (non-hydrogen) atoms. The number of carbonyl (C=O) groups excluding carboxylic acids is 3. The molecule has 0 spiro atoms. The molecule has 0 aromatic heterocycles. The van der Waals surface area contributed by atoms with Gasteiger partial charge in [-0.3, -0.25) is 9.59 Å². The lowest BCUT2D eigenvalue weighted by molar-refractivity contribution is -0.119. The van der Waals surface area contributed by atoms with Crippen molar-refractivity contribution in [3.05, 3.63) is 16.3 Å². The minimum Gasteiger partial charge on any atom is -0.453 e. The van der Waals surface area contributed by atoms with E-state index in [-0.39, 0.29) is 30.3 Å². The number of benzene rings is 1. The van der Waals surface area contributed by atoms with E-state index in [2.05, 4.69) is 16.0 Å². The molecule has 1 amide bonds. The molecule has 0 aliphatic heterocycles. The molecule has 0 aliphatic carbocycles. The molecule has 0 radical (unpaired) electrons. The molecule has 1 rings (SSSR count). The number of anilines is 2. The summed E-state index contributed by atoms with van der Waals surface area (Å²) in [6, 6.07) is 0. The lowest BCUT2D eigenvalue weighted by atomic mass is 10.0. The maximum Gasteiger partial charge on any atom is 0.340 e. The van der Waals surface area contributed by atoms with Gasteiger partial charge in [-0.1, -0.05) is 0 Å². The van der Waals surface area contributed by atoms with Gasteiger partial charge in [0.05, 0.1) is 40.8 Å². The number of aliphatic hydroxyl groups is 4. The predicted octanol–water partition coefficient (Wildman–Crippen LogP) is 0.279. The summed E-state index contributed by atoms with van der Waals surface area (Å²) < 4.78 is 6.71. The normalized spacial score (nSPS) is 14.7. The van der Waals surface area contributed by atoms with Crippen molar-refractivity contribution in [2.75, 3.05) is 37.4 Å². The largest absolute Gasteiger partial charge is 0.453 e. The maximum absolute atomic E-state index is 13.2. The summed E-state index contributed by atoms with van der Waals surface area (Å²) in [7, 11) is 1.54. The van der Waals surface area contributed by atoms with Gasteiger partial charge in [0.25, 0.3) is 0 Å². The fraction of sp³-hybridized carbons (Fsp3) is 0.526. The Bertz CT molecular complexity index is 887. The van der Waals surface area contributed by atoms with Crippen LogP contribution in [0.5, 0.6) is 0 Å². The standard InChI is InChI=1S/C19H26I3N3O8/c1-7(27)4-24-15-12(20)11(13(21)16(14(15)22)25-8(2)28)19(32)33-18(9(29)5-23-3)17(31)10(30)6-26/h9-10,17-18,23-24,26,29-31H,4-6H2,1-3H3,(H,25,28)/t9-,10+,17+,18+/m0/s1. The number of nitrogens with one attached hydrogen (secondary N) is 3. The summed E-state index contributed by atoms with van der Waals surface area (Å²) in [5, 5.41) is 48.0. The van der Waals surface area contributed by atoms with E-state index in [1.165, 1.54) is 20.9 Å². The van der Waals surface area contributed by atoms with Gasteiger partial charge in [-0.25, -0.2) is 4.79 Å². The van der Waals surface area contributed by atoms with Crippen LogP contribution in [0, 0.1) is 10.7 Å². The summed E-state index contributed by atoms with van der Waals surface area (Å²) in [6.45, 7) is 1.79. The molecule has 0 fully saturated rings. The number of esters is 1. The van der Waals surface area contributed by atoms with Crippen LogP contribution in [-0.2, 0) is 14.3 Å². The van der Waals surface area contributed by atoms with Gasteiger partial charge in [-0.05, 0) is 81.7 Å². The molecule has 0 heterocycles. The first kappa shape index (κ1) is 30.7. The molecule has 0 unspecified atom stereocenters. The summed E-state index contributed by atoms with van der Waals surface area (Å²) in [4.78, 5) is 36.5. The quantitative estimate of drug-likeness (QED) is 0.115. The Kier molecular flexibility index (Phi) is 13.2. The zero-order valence-corrected chi connectivity index (χ0v) is 24.5. The molecule has 1 aromatic carbocycles. The van der Waals surface area contributed by atoms with Gasteiger partial charge in [0.15, 0.2) is 6.10 Å². The van der Waals surface area contributed by atoms with E-state index < -0.39 is 37.0 Å². The third-order valence-corrected chi connectivity index (χ3v) is 7.53. The number of ketones is 1. The molecule has 0 saturated heterocycles. The topological polar surface area (TPSA) is 177 Å². The SMILES string of the molecule is CNC[C@H](O)[C@@H](OC(=O)c1c(I)c(NCC(C)=O)c(I)c(NC(C)=O)c1I)[C@H](O)[C@H](O)CO. The van der Waals surface area contributed by atoms with Crippen molar-refractivity contribution in [3.63, 3.8) is 0 Å². The first-order valence-corrected chi connectivity index (χ1v) is 12.8. The number of Topliss-reactive ketones (excluding diaryl/α,β-unsaturated/α-hetero) is 1. The Labute approximate surface area is 231 Å². The van der Waals surface area contributed by atoms with Crippen molar-refractivity contribution >= 4 is 96.8 Å². The fourth-order valence-electron chi connectivity index (χ4n) is 2.71. The van der Waals surface area contributed by atoms with E-state index in [1.54, 1.807) is 0 Å². The second-order valence-electron chi connectivity index (χ2n) is 7.04. The van der Waals surface area contributed by atoms with Crippen molar-refractivity contribution in [2.24, 2.45) is 0 Å². The molecular formula is C19H26I3N3O8. The molecular weight excluding hydrogens is 779 g/mol. The first-order chi connectivity index (χ1) is 15.4. The van der Waals surface area contributed by atoms with Crippen LogP contribution in [0.3, 0.4) is 0 Å². The van der Waals surface area contributed by atoms with Crippen LogP contribution < -0.4 is 16.0 Å². The second kappa shape index (κ2) is 14.2. The van der Waals surface area contributed by atoms with Crippen LogP contribution >= 0.6 is 67.8 Å². The molecule has 0 aliphatic rings. The monoisotopic (exact) mass is 805 g/mol. The van der Waals surface area contributed by atoms with E-state index in [4.69, 9.17) is 9.84 Å². The minimum atomic E-state index is -1.77. The number of aliphatic hydroxyl groups excluding tert-OH is 4. The van der Waals surface area contributed by atoms with Crippen molar-refractivity contribution in [1.29, 1.82) is 0 Å². The molecule has 186 valence electrons. The summed E-state index contributed by atoms with van der Waals surface area (Å²) in [5.74, 6) is -1.48. The Morgan fingerprint density at radius 1 is 0.970 bits per heavy atom. The maximum atomic E-state index is 13.2. The average Bonchev–Trinajstić information content (AvgIpc) is 2.73. The van der Waals surface area contributed by atoms with Crippen LogP contribution in [0.25, 0.3) is 0 Å². The van der Waals surface area contributed by atoms with Crippen LogP contribution in [0.4, 0.5) is 11.4 Å². The lowest BCUT2D eigenvalue weighted by Crippen LogP contribution is -2.51. The Balaban J connectivity index is 3.56. The Morgan fingerprint density at radius 3 is 2.03 bits per heavy atom. The van der Waals surface area contributed by atoms with Crippen molar-refractivity contribution in [3.8, 4) is 0 Å². The summed E-state index contributed by atoms with van der Waals surface area (Å²) in [6.07, 6.45) is -6.41. The van der Waals surface area contributed by atoms with Gasteiger partial charge < -0.3 is 41.1 Å². The molecule has 1 aromatic rings. The highest BCUT2D eigenvalue weighted by molar-refractivity contribution is 14.1. The smallest absolute Gasteiger partial charge is 0.340 e. The second-order valence-corrected chi connectivity index (χ2v) is 10.3. The van der Waals surface area contributed by atoms with Gasteiger partial charge in [0.2, 0.25) is 5.91 Å². The molecule has 7 N–H and O–H groups in total. The Morgan fingerprint density at radius 2 is 1.55 bits per heavy atom. The predicted molar refractivity (Wildman–Crippen MR) is 146 cm³/mol. The number of carbonyl (C=O) groups is 3. The number of hydrogen-bond acceptors (Lipinski definition) is 10. The van der Waals surface area contributed by atoms with E-state index in [0.717, 1.165) is 0 Å². The number of hydrogen-bond donors (Lipinski definition) is 7.